The number of carbonyl (C=O) groups excluding carboxylic acids is 1. The fourth-order valence-corrected chi connectivity index (χ4v) is 1.55. The Morgan fingerprint density at radius 1 is 1.46 bits per heavy atom. The van der Waals surface area contributed by atoms with Crippen LogP contribution in [0, 0.1) is 0 Å². The predicted molar refractivity (Wildman–Crippen MR) is 54.0 cm³/mol. The molecular weight excluding hydrogens is 260 g/mol. The molecule has 7 heteroatoms. The molecule has 1 amide bonds. The van der Waals surface area contributed by atoms with Gasteiger partial charge in [-0.15, -0.1) is 0 Å². The van der Waals surface area contributed by atoms with Gasteiger partial charge in [-0.1, -0.05) is 15.9 Å². The average Bonchev–Trinajstić information content (AvgIpc) is 2.04. The number of nitrogens with zero attached hydrogens (tertiary/aromatic N) is 1. The van der Waals surface area contributed by atoms with Gasteiger partial charge in [0.25, 0.3) is 0 Å². The van der Waals surface area contributed by atoms with Crippen molar-refractivity contribution in [1.29, 1.82) is 0 Å². The fourth-order valence-electron chi connectivity index (χ4n) is 0.576. The summed E-state index contributed by atoms with van der Waals surface area (Å²) in [7, 11) is 0.00769. The van der Waals surface area contributed by atoms with Crippen LogP contribution >= 0.6 is 15.9 Å². The Bertz CT molecular complexity index is 263. The monoisotopic (exact) mass is 272 g/mol. The van der Waals surface area contributed by atoms with E-state index in [1.54, 1.807) is 14.1 Å². The first-order valence-electron chi connectivity index (χ1n) is 3.62. The number of hydrogen-bond donors (Lipinski definition) is 1. The lowest BCUT2D eigenvalue weighted by atomic mass is 10.4. The largest absolute Gasteiger partial charge is 0.349 e. The Hall–Kier alpha value is -0.140. The minimum Gasteiger partial charge on any atom is -0.349 e. The molecule has 0 heterocycles. The van der Waals surface area contributed by atoms with Crippen molar-refractivity contribution in [2.24, 2.45) is 0 Å². The van der Waals surface area contributed by atoms with Gasteiger partial charge in [0.05, 0.1) is 0 Å². The molecule has 0 rings (SSSR count). The van der Waals surface area contributed by atoms with Crippen LogP contribution in [0.5, 0.6) is 0 Å². The van der Waals surface area contributed by atoms with Gasteiger partial charge in [0, 0.05) is 27.1 Å². The summed E-state index contributed by atoms with van der Waals surface area (Å²) < 4.78 is 23.9. The molecule has 0 radical (unpaired) electrons. The Labute approximate surface area is 86.7 Å². The molecule has 0 aromatic rings. The first-order chi connectivity index (χ1) is 5.89. The van der Waals surface area contributed by atoms with E-state index in [1.165, 1.54) is 4.90 Å². The van der Waals surface area contributed by atoms with Crippen LogP contribution in [-0.4, -0.2) is 44.5 Å². The van der Waals surface area contributed by atoms with Crippen molar-refractivity contribution < 1.29 is 13.2 Å². The third-order valence-corrected chi connectivity index (χ3v) is 4.04. The Kier molecular flexibility index (Phi) is 5.50. The maximum Gasteiger partial charge on any atom is 0.223 e. The Balaban J connectivity index is 3.76. The van der Waals surface area contributed by atoms with Gasteiger partial charge in [-0.05, 0) is 0 Å². The van der Waals surface area contributed by atoms with Gasteiger partial charge in [-0.25, -0.2) is 13.1 Å². The number of hydrogen-bond acceptors (Lipinski definition) is 3. The fraction of sp³-hybridized carbons (Fsp3) is 0.833. The van der Waals surface area contributed by atoms with Crippen LogP contribution < -0.4 is 4.72 Å². The maximum atomic E-state index is 11.0. The molecule has 78 valence electrons. The summed E-state index contributed by atoms with van der Waals surface area (Å²) in [6.45, 7) is 0.144. The molecule has 13 heavy (non-hydrogen) atoms. The highest BCUT2D eigenvalue weighted by molar-refractivity contribution is 9.10. The highest BCUT2D eigenvalue weighted by Crippen LogP contribution is 1.92. The summed E-state index contributed by atoms with van der Waals surface area (Å²) in [5, 5.41) is 0. The molecule has 5 nitrogen and oxygen atoms in total. The van der Waals surface area contributed by atoms with Gasteiger partial charge in [0.15, 0.2) is 0 Å². The molecule has 0 aliphatic carbocycles. The summed E-state index contributed by atoms with van der Waals surface area (Å²) in [4.78, 5) is 12.4. The summed E-state index contributed by atoms with van der Waals surface area (Å²) in [6, 6.07) is 0. The average molecular weight is 273 g/mol. The normalized spacial score (nSPS) is 11.3. The van der Waals surface area contributed by atoms with Crippen LogP contribution in [0.3, 0.4) is 0 Å². The zero-order valence-electron chi connectivity index (χ0n) is 7.58. The minimum absolute atomic E-state index is 0.0997. The van der Waals surface area contributed by atoms with Crippen LogP contribution in [0.15, 0.2) is 0 Å². The van der Waals surface area contributed by atoms with E-state index in [9.17, 15) is 13.2 Å². The number of nitrogens with one attached hydrogen (secondary N) is 1. The Morgan fingerprint density at radius 2 is 2.00 bits per heavy atom. The molecule has 0 spiro atoms. The van der Waals surface area contributed by atoms with Gasteiger partial charge < -0.3 is 4.90 Å². The molecule has 0 atom stereocenters. The topological polar surface area (TPSA) is 66.5 Å². The minimum atomic E-state index is -3.24. The van der Waals surface area contributed by atoms with E-state index in [-0.39, 0.29) is 23.5 Å². The summed E-state index contributed by atoms with van der Waals surface area (Å²) in [5.41, 5.74) is 0. The van der Waals surface area contributed by atoms with Crippen LogP contribution in [0.1, 0.15) is 6.42 Å². The molecule has 0 aromatic heterocycles. The Morgan fingerprint density at radius 3 is 2.38 bits per heavy atom. The second kappa shape index (κ2) is 5.56. The SMILES string of the molecule is CN(C)C(=O)CCNS(=O)(=O)CBr. The molecule has 1 N–H and O–H groups in total. The molecule has 0 aromatic carbocycles. The molecule has 0 unspecified atom stereocenters. The number of alkyl halides is 1. The summed E-state index contributed by atoms with van der Waals surface area (Å²) in [6.07, 6.45) is 0.180. The van der Waals surface area contributed by atoms with Crippen LogP contribution in [0.25, 0.3) is 0 Å². The van der Waals surface area contributed by atoms with Gasteiger partial charge in [0.1, 0.15) is 4.66 Å². The van der Waals surface area contributed by atoms with E-state index in [2.05, 4.69) is 20.7 Å². The lowest BCUT2D eigenvalue weighted by molar-refractivity contribution is -0.128. The number of halogens is 1. The summed E-state index contributed by atoms with van der Waals surface area (Å²) in [5.74, 6) is -0.0997. The third-order valence-electron chi connectivity index (χ3n) is 1.30. The number of sulfonamides is 1. The van der Waals surface area contributed by atoms with Gasteiger partial charge in [-0.3, -0.25) is 4.79 Å². The van der Waals surface area contributed by atoms with Gasteiger partial charge in [-0.2, -0.15) is 0 Å². The highest BCUT2D eigenvalue weighted by Gasteiger charge is 2.08. The first kappa shape index (κ1) is 12.9. The molecule has 0 bridgehead atoms. The van der Waals surface area contributed by atoms with Crippen molar-refractivity contribution in [2.45, 2.75) is 6.42 Å². The lowest BCUT2D eigenvalue weighted by Crippen LogP contribution is -2.30. The van der Waals surface area contributed by atoms with E-state index >= 15 is 0 Å². The number of rotatable bonds is 5. The van der Waals surface area contributed by atoms with E-state index < -0.39 is 10.0 Å². The zero-order chi connectivity index (χ0) is 10.5. The molecular formula is C6H13BrN2O3S. The predicted octanol–water partition coefficient (Wildman–Crippen LogP) is -0.264. The van der Waals surface area contributed by atoms with Crippen molar-refractivity contribution in [2.75, 3.05) is 25.3 Å². The van der Waals surface area contributed by atoms with Crippen molar-refractivity contribution >= 4 is 31.9 Å². The van der Waals surface area contributed by atoms with Crippen LogP contribution in [0.2, 0.25) is 0 Å². The van der Waals surface area contributed by atoms with E-state index in [4.69, 9.17) is 0 Å². The van der Waals surface area contributed by atoms with Crippen molar-refractivity contribution in [3.05, 3.63) is 0 Å². The van der Waals surface area contributed by atoms with Crippen molar-refractivity contribution in [1.82, 2.24) is 9.62 Å². The first-order valence-corrected chi connectivity index (χ1v) is 6.40. The van der Waals surface area contributed by atoms with Crippen LogP contribution in [0.4, 0.5) is 0 Å². The molecule has 0 fully saturated rings. The molecule has 0 saturated heterocycles. The quantitative estimate of drug-likeness (QED) is 0.702. The number of carbonyl (C=O) groups is 1. The lowest BCUT2D eigenvalue weighted by Gasteiger charge is -2.09. The molecule has 0 saturated carbocycles. The van der Waals surface area contributed by atoms with Crippen LogP contribution in [-0.2, 0) is 14.8 Å². The standard InChI is InChI=1S/C6H13BrN2O3S/c1-9(2)6(10)3-4-8-13(11,12)5-7/h8H,3-5H2,1-2H3. The second-order valence-corrected chi connectivity index (χ2v) is 5.77. The zero-order valence-corrected chi connectivity index (χ0v) is 9.98. The third kappa shape index (κ3) is 6.00. The highest BCUT2D eigenvalue weighted by atomic mass is 79.9. The summed E-state index contributed by atoms with van der Waals surface area (Å²) >= 11 is 2.82. The van der Waals surface area contributed by atoms with E-state index in [0.29, 0.717) is 0 Å². The molecule has 0 aliphatic heterocycles. The molecule has 0 aliphatic rings. The smallest absolute Gasteiger partial charge is 0.223 e. The second-order valence-electron chi connectivity index (χ2n) is 2.66. The maximum absolute atomic E-state index is 11.0. The van der Waals surface area contributed by atoms with Crippen molar-refractivity contribution in [3.63, 3.8) is 0 Å². The number of amides is 1. The van der Waals surface area contributed by atoms with Gasteiger partial charge >= 0.3 is 0 Å². The van der Waals surface area contributed by atoms with Crippen molar-refractivity contribution in [3.8, 4) is 0 Å². The van der Waals surface area contributed by atoms with E-state index in [1.807, 2.05) is 0 Å². The van der Waals surface area contributed by atoms with Gasteiger partial charge in [0.2, 0.25) is 15.9 Å². The van der Waals surface area contributed by atoms with E-state index in [0.717, 1.165) is 0 Å².